The predicted molar refractivity (Wildman–Crippen MR) is 132 cm³/mol. The number of nitrogens with zero attached hydrogens (tertiary/aromatic N) is 1. The predicted octanol–water partition coefficient (Wildman–Crippen LogP) is 3.86. The van der Waals surface area contributed by atoms with Crippen LogP contribution in [0.2, 0.25) is 0 Å². The normalized spacial score (nSPS) is 11.5. The summed E-state index contributed by atoms with van der Waals surface area (Å²) in [7, 11) is 1.62. The molecule has 0 heterocycles. The second kappa shape index (κ2) is 13.5. The van der Waals surface area contributed by atoms with Crippen molar-refractivity contribution in [1.29, 1.82) is 0 Å². The van der Waals surface area contributed by atoms with Gasteiger partial charge in [0.15, 0.2) is 0 Å². The van der Waals surface area contributed by atoms with Crippen LogP contribution in [0.1, 0.15) is 59.4 Å². The topological polar surface area (TPSA) is 90.9 Å². The highest BCUT2D eigenvalue weighted by molar-refractivity contribution is 6.00. The maximum Gasteiger partial charge on any atom is 0.253 e. The molecule has 180 valence electrons. The van der Waals surface area contributed by atoms with Gasteiger partial charge in [0.25, 0.3) is 11.8 Å². The zero-order chi connectivity index (χ0) is 24.2. The molecule has 2 amide bonds. The zero-order valence-electron chi connectivity index (χ0n) is 20.2. The van der Waals surface area contributed by atoms with Crippen LogP contribution in [0.3, 0.4) is 0 Å². The summed E-state index contributed by atoms with van der Waals surface area (Å²) >= 11 is 0. The minimum atomic E-state index is -0.692. The number of anilines is 1. The number of carbonyl (C=O) groups is 2. The number of aliphatic hydroxyl groups is 1. The molecular formula is C26H37N3O4. The minimum Gasteiger partial charge on any atom is -0.497 e. The van der Waals surface area contributed by atoms with Gasteiger partial charge < -0.3 is 25.4 Å². The van der Waals surface area contributed by atoms with Crippen LogP contribution >= 0.6 is 0 Å². The van der Waals surface area contributed by atoms with E-state index in [1.807, 2.05) is 56.0 Å². The fourth-order valence-corrected chi connectivity index (χ4v) is 3.61. The fraction of sp³-hybridized carbons (Fsp3) is 0.462. The van der Waals surface area contributed by atoms with Crippen molar-refractivity contribution >= 4 is 17.5 Å². The Morgan fingerprint density at radius 1 is 1.06 bits per heavy atom. The molecule has 2 aromatic carbocycles. The molecule has 2 aromatic rings. The van der Waals surface area contributed by atoms with E-state index in [9.17, 15) is 14.7 Å². The summed E-state index contributed by atoms with van der Waals surface area (Å²) < 4.78 is 5.20. The summed E-state index contributed by atoms with van der Waals surface area (Å²) in [6, 6.07) is 12.8. The van der Waals surface area contributed by atoms with E-state index in [-0.39, 0.29) is 18.4 Å². The van der Waals surface area contributed by atoms with Crippen LogP contribution in [0.25, 0.3) is 0 Å². The number of aryl methyl sites for hydroxylation is 1. The average molecular weight is 456 g/mol. The molecule has 0 saturated carbocycles. The highest BCUT2D eigenvalue weighted by Gasteiger charge is 2.17. The van der Waals surface area contributed by atoms with Crippen molar-refractivity contribution in [2.45, 2.75) is 46.1 Å². The molecule has 0 bridgehead atoms. The van der Waals surface area contributed by atoms with Crippen LogP contribution in [0.5, 0.6) is 5.75 Å². The molecule has 7 nitrogen and oxygen atoms in total. The lowest BCUT2D eigenvalue weighted by molar-refractivity contribution is 0.0755. The lowest BCUT2D eigenvalue weighted by Gasteiger charge is -2.22. The quantitative estimate of drug-likeness (QED) is 0.427. The number of carbonyl (C=O) groups excluding carboxylic acids is 2. The molecule has 3 N–H and O–H groups in total. The van der Waals surface area contributed by atoms with Crippen molar-refractivity contribution in [3.63, 3.8) is 0 Å². The third kappa shape index (κ3) is 8.42. The maximum atomic E-state index is 12.9. The first-order valence-corrected chi connectivity index (χ1v) is 11.6. The Morgan fingerprint density at radius 3 is 2.42 bits per heavy atom. The first-order valence-electron chi connectivity index (χ1n) is 11.6. The second-order valence-corrected chi connectivity index (χ2v) is 8.19. The molecule has 1 unspecified atom stereocenters. The SMILES string of the molecule is CCCN(CCC)C(=O)c1cc(C)cc(C(=O)NCC(O)CCNc2cccc(OC)c2)c1. The number of methoxy groups -OCH3 is 1. The van der Waals surface area contributed by atoms with Gasteiger partial charge in [0.2, 0.25) is 0 Å². The number of aliphatic hydroxyl groups excluding tert-OH is 1. The van der Waals surface area contributed by atoms with Gasteiger partial charge in [-0.2, -0.15) is 0 Å². The molecule has 0 aliphatic carbocycles. The summed E-state index contributed by atoms with van der Waals surface area (Å²) in [5.41, 5.74) is 2.70. The van der Waals surface area contributed by atoms with E-state index < -0.39 is 6.10 Å². The Morgan fingerprint density at radius 2 is 1.76 bits per heavy atom. The van der Waals surface area contributed by atoms with E-state index in [0.29, 0.717) is 37.2 Å². The molecule has 0 spiro atoms. The highest BCUT2D eigenvalue weighted by Crippen LogP contribution is 2.17. The number of nitrogens with one attached hydrogen (secondary N) is 2. The third-order valence-corrected chi connectivity index (χ3v) is 5.24. The van der Waals surface area contributed by atoms with Crippen molar-refractivity contribution in [3.05, 3.63) is 59.2 Å². The van der Waals surface area contributed by atoms with Gasteiger partial charge in [-0.25, -0.2) is 0 Å². The molecule has 0 saturated heterocycles. The molecule has 0 aliphatic heterocycles. The first-order chi connectivity index (χ1) is 15.9. The monoisotopic (exact) mass is 455 g/mol. The molecule has 0 aliphatic rings. The fourth-order valence-electron chi connectivity index (χ4n) is 3.61. The zero-order valence-corrected chi connectivity index (χ0v) is 20.2. The van der Waals surface area contributed by atoms with Gasteiger partial charge in [-0.1, -0.05) is 19.9 Å². The Kier molecular flexibility index (Phi) is 10.7. The molecule has 0 radical (unpaired) electrons. The van der Waals surface area contributed by atoms with E-state index >= 15 is 0 Å². The minimum absolute atomic E-state index is 0.0555. The molecule has 0 fully saturated rings. The molecular weight excluding hydrogens is 418 g/mol. The summed E-state index contributed by atoms with van der Waals surface area (Å²) in [6.45, 7) is 8.03. The van der Waals surface area contributed by atoms with Gasteiger partial charge >= 0.3 is 0 Å². The van der Waals surface area contributed by atoms with Crippen molar-refractivity contribution in [1.82, 2.24) is 10.2 Å². The molecule has 33 heavy (non-hydrogen) atoms. The van der Waals surface area contributed by atoms with Gasteiger partial charge in [0, 0.05) is 49.1 Å². The Bertz CT molecular complexity index is 910. The Labute approximate surface area is 197 Å². The van der Waals surface area contributed by atoms with Crippen LogP contribution in [0, 0.1) is 6.92 Å². The average Bonchev–Trinajstić information content (AvgIpc) is 2.81. The van der Waals surface area contributed by atoms with Gasteiger partial charge in [-0.3, -0.25) is 9.59 Å². The number of rotatable bonds is 13. The van der Waals surface area contributed by atoms with Gasteiger partial charge in [-0.15, -0.1) is 0 Å². The van der Waals surface area contributed by atoms with E-state index in [4.69, 9.17) is 4.74 Å². The number of benzene rings is 2. The van der Waals surface area contributed by atoms with E-state index in [2.05, 4.69) is 10.6 Å². The van der Waals surface area contributed by atoms with E-state index in [0.717, 1.165) is 29.8 Å². The lowest BCUT2D eigenvalue weighted by Crippen LogP contribution is -2.34. The van der Waals surface area contributed by atoms with Crippen molar-refractivity contribution < 1.29 is 19.4 Å². The van der Waals surface area contributed by atoms with Gasteiger partial charge in [-0.05, 0) is 62.1 Å². The molecule has 7 heteroatoms. The Balaban J connectivity index is 1.90. The largest absolute Gasteiger partial charge is 0.497 e. The molecule has 1 atom stereocenters. The smallest absolute Gasteiger partial charge is 0.253 e. The summed E-state index contributed by atoms with van der Waals surface area (Å²) in [5.74, 6) is 0.404. The van der Waals surface area contributed by atoms with Crippen LogP contribution in [0.4, 0.5) is 5.69 Å². The van der Waals surface area contributed by atoms with Gasteiger partial charge in [0.1, 0.15) is 5.75 Å². The summed E-state index contributed by atoms with van der Waals surface area (Å²) in [6.07, 6.45) is 1.55. The summed E-state index contributed by atoms with van der Waals surface area (Å²) in [4.78, 5) is 27.4. The van der Waals surface area contributed by atoms with Crippen LogP contribution in [-0.4, -0.2) is 61.2 Å². The number of amides is 2. The Hall–Kier alpha value is -3.06. The number of hydrogen-bond donors (Lipinski definition) is 3. The van der Waals surface area contributed by atoms with E-state index in [1.165, 1.54) is 0 Å². The van der Waals surface area contributed by atoms with Crippen LogP contribution in [0.15, 0.2) is 42.5 Å². The first kappa shape index (κ1) is 26.2. The second-order valence-electron chi connectivity index (χ2n) is 8.19. The van der Waals surface area contributed by atoms with E-state index in [1.54, 1.807) is 19.2 Å². The van der Waals surface area contributed by atoms with Crippen LogP contribution in [-0.2, 0) is 0 Å². The lowest BCUT2D eigenvalue weighted by atomic mass is 10.0. The van der Waals surface area contributed by atoms with Crippen molar-refractivity contribution in [2.75, 3.05) is 38.6 Å². The maximum absolute atomic E-state index is 12.9. The van der Waals surface area contributed by atoms with Crippen LogP contribution < -0.4 is 15.4 Å². The number of ether oxygens (including phenoxy) is 1. The highest BCUT2D eigenvalue weighted by atomic mass is 16.5. The summed E-state index contributed by atoms with van der Waals surface area (Å²) in [5, 5.41) is 16.3. The standard InChI is InChI=1S/C26H37N3O4/c1-5-12-29(13-6-2)26(32)21-15-19(3)14-20(16-21)25(31)28-18-23(30)10-11-27-22-8-7-9-24(17-22)33-4/h7-9,14-17,23,27,30H,5-6,10-13,18H2,1-4H3,(H,28,31). The van der Waals surface area contributed by atoms with Crippen molar-refractivity contribution in [2.24, 2.45) is 0 Å². The van der Waals surface area contributed by atoms with Gasteiger partial charge in [0.05, 0.1) is 13.2 Å². The third-order valence-electron chi connectivity index (χ3n) is 5.24. The molecule has 2 rings (SSSR count). The van der Waals surface area contributed by atoms with Crippen molar-refractivity contribution in [3.8, 4) is 5.75 Å². The number of hydrogen-bond acceptors (Lipinski definition) is 5. The molecule has 0 aromatic heterocycles.